The SMILES string of the molecule is CCCSC1CC(=O)N(CCCC(=O)CB=S)C1=O. The van der Waals surface area contributed by atoms with Gasteiger partial charge in [-0.1, -0.05) is 0 Å². The number of thioether (sulfide) groups is 1. The van der Waals surface area contributed by atoms with Crippen molar-refractivity contribution in [2.24, 2.45) is 0 Å². The maximum absolute atomic E-state index is 12.0. The third kappa shape index (κ3) is 5.14. The zero-order chi connectivity index (χ0) is 14.3. The van der Waals surface area contributed by atoms with Crippen LogP contribution in [0.3, 0.4) is 0 Å². The second-order valence-electron chi connectivity index (χ2n) is 4.46. The summed E-state index contributed by atoms with van der Waals surface area (Å²) in [5.74, 6) is 0.752. The monoisotopic (exact) mass is 299 g/mol. The van der Waals surface area contributed by atoms with Gasteiger partial charge in [-0.3, -0.25) is 0 Å². The first-order valence-corrected chi connectivity index (χ1v) is 8.03. The molecule has 1 atom stereocenters. The minimum atomic E-state index is -0.218. The van der Waals surface area contributed by atoms with Gasteiger partial charge in [0, 0.05) is 0 Å². The third-order valence-corrected chi connectivity index (χ3v) is 4.46. The van der Waals surface area contributed by atoms with E-state index in [9.17, 15) is 14.4 Å². The van der Waals surface area contributed by atoms with Crippen LogP contribution in [0, 0.1) is 0 Å². The second-order valence-corrected chi connectivity index (χ2v) is 6.10. The van der Waals surface area contributed by atoms with Crippen LogP contribution in [0.4, 0.5) is 0 Å². The summed E-state index contributed by atoms with van der Waals surface area (Å²) < 4.78 is 0. The van der Waals surface area contributed by atoms with Crippen molar-refractivity contribution in [1.29, 1.82) is 0 Å². The number of Topliss-reactive ketones (excluding diaryl/α,β-unsaturated/α-hetero) is 1. The van der Waals surface area contributed by atoms with Crippen molar-refractivity contribution in [3.8, 4) is 0 Å². The number of rotatable bonds is 9. The van der Waals surface area contributed by atoms with Gasteiger partial charge >= 0.3 is 123 Å². The molecule has 0 bridgehead atoms. The number of imide groups is 1. The van der Waals surface area contributed by atoms with Crippen LogP contribution in [0.15, 0.2) is 0 Å². The number of carbonyl (C=O) groups excluding carboxylic acids is 3. The van der Waals surface area contributed by atoms with Crippen LogP contribution >= 0.6 is 23.8 Å². The molecule has 2 amide bonds. The molecular formula is C12H18BNO3S2. The molecule has 4 nitrogen and oxygen atoms in total. The molecule has 0 aromatic carbocycles. The molecule has 104 valence electrons. The summed E-state index contributed by atoms with van der Waals surface area (Å²) in [7, 11) is 0. The van der Waals surface area contributed by atoms with E-state index in [0.29, 0.717) is 25.8 Å². The summed E-state index contributed by atoms with van der Waals surface area (Å²) in [5.41, 5.74) is 0. The van der Waals surface area contributed by atoms with Crippen LogP contribution < -0.4 is 0 Å². The molecule has 1 unspecified atom stereocenters. The number of carbonyl (C=O) groups is 3. The topological polar surface area (TPSA) is 54.5 Å². The summed E-state index contributed by atoms with van der Waals surface area (Å²) in [6, 6.07) is 0. The zero-order valence-electron chi connectivity index (χ0n) is 11.1. The van der Waals surface area contributed by atoms with Crippen LogP contribution in [-0.2, 0) is 14.4 Å². The van der Waals surface area contributed by atoms with Crippen LogP contribution in [0.1, 0.15) is 32.6 Å². The molecule has 1 aliphatic heterocycles. The predicted molar refractivity (Wildman–Crippen MR) is 80.3 cm³/mol. The van der Waals surface area contributed by atoms with Gasteiger partial charge in [0.2, 0.25) is 0 Å². The quantitative estimate of drug-likeness (QED) is 0.480. The Hall–Kier alpha value is -0.555. The molecular weight excluding hydrogens is 281 g/mol. The van der Waals surface area contributed by atoms with E-state index >= 15 is 0 Å². The Labute approximate surface area is 123 Å². The molecule has 0 N–H and O–H groups in total. The van der Waals surface area contributed by atoms with Crippen molar-refractivity contribution >= 4 is 47.6 Å². The number of hydrogen-bond acceptors (Lipinski definition) is 5. The van der Waals surface area contributed by atoms with E-state index < -0.39 is 0 Å². The van der Waals surface area contributed by atoms with Crippen LogP contribution in [0.2, 0.25) is 6.32 Å². The fourth-order valence-electron chi connectivity index (χ4n) is 1.91. The van der Waals surface area contributed by atoms with Crippen molar-refractivity contribution in [3.05, 3.63) is 0 Å². The molecule has 1 rings (SSSR count). The maximum atomic E-state index is 12.0. The molecule has 1 aliphatic rings. The van der Waals surface area contributed by atoms with Gasteiger partial charge in [0.05, 0.1) is 0 Å². The molecule has 0 radical (unpaired) electrons. The van der Waals surface area contributed by atoms with Gasteiger partial charge in [-0.05, 0) is 0 Å². The predicted octanol–water partition coefficient (Wildman–Crippen LogP) is 1.84. The Kier molecular flexibility index (Phi) is 7.45. The molecule has 0 saturated carbocycles. The average Bonchev–Trinajstić information content (AvgIpc) is 2.64. The zero-order valence-corrected chi connectivity index (χ0v) is 12.7. The van der Waals surface area contributed by atoms with E-state index in [0.717, 1.165) is 12.2 Å². The Morgan fingerprint density at radius 3 is 2.89 bits per heavy atom. The van der Waals surface area contributed by atoms with E-state index in [1.54, 1.807) is 11.8 Å². The van der Waals surface area contributed by atoms with E-state index in [1.165, 1.54) is 11.1 Å². The van der Waals surface area contributed by atoms with E-state index in [1.807, 2.05) is 6.92 Å². The average molecular weight is 299 g/mol. The first-order chi connectivity index (χ1) is 9.10. The van der Waals surface area contributed by atoms with Gasteiger partial charge in [-0.25, -0.2) is 0 Å². The molecule has 1 heterocycles. The van der Waals surface area contributed by atoms with Crippen LogP contribution in [0.25, 0.3) is 0 Å². The van der Waals surface area contributed by atoms with Gasteiger partial charge in [0.15, 0.2) is 0 Å². The summed E-state index contributed by atoms with van der Waals surface area (Å²) in [6.45, 7) is 2.40. The number of amides is 2. The van der Waals surface area contributed by atoms with Gasteiger partial charge in [0.25, 0.3) is 0 Å². The Morgan fingerprint density at radius 1 is 1.53 bits per heavy atom. The van der Waals surface area contributed by atoms with Gasteiger partial charge in [-0.2, -0.15) is 0 Å². The third-order valence-electron chi connectivity index (χ3n) is 2.87. The van der Waals surface area contributed by atoms with Crippen molar-refractivity contribution in [2.75, 3.05) is 12.3 Å². The molecule has 0 aliphatic carbocycles. The van der Waals surface area contributed by atoms with Crippen molar-refractivity contribution in [3.63, 3.8) is 0 Å². The number of ketones is 1. The Balaban J connectivity index is 2.37. The first kappa shape index (κ1) is 16.5. The molecule has 0 aromatic rings. The van der Waals surface area contributed by atoms with Gasteiger partial charge in [0.1, 0.15) is 0 Å². The summed E-state index contributed by atoms with van der Waals surface area (Å²) in [6.07, 6.45) is 3.89. The standard InChI is InChI=1S/C12H18BNO3S2/c1-2-6-19-10-7-11(16)14(12(10)17)5-3-4-9(15)8-13-18/h10H,2-8H2,1H3. The second kappa shape index (κ2) is 8.58. The van der Waals surface area contributed by atoms with E-state index in [4.69, 9.17) is 0 Å². The molecule has 1 fully saturated rings. The fourth-order valence-corrected chi connectivity index (χ4v) is 3.14. The summed E-state index contributed by atoms with van der Waals surface area (Å²) >= 11 is 6.16. The fraction of sp³-hybridized carbons (Fsp3) is 0.750. The normalized spacial score (nSPS) is 18.8. The first-order valence-electron chi connectivity index (χ1n) is 6.51. The summed E-state index contributed by atoms with van der Waals surface area (Å²) in [4.78, 5) is 36.3. The Morgan fingerprint density at radius 2 is 2.26 bits per heavy atom. The van der Waals surface area contributed by atoms with E-state index in [2.05, 4.69) is 12.1 Å². The molecule has 19 heavy (non-hydrogen) atoms. The number of nitrogens with zero attached hydrogens (tertiary/aromatic N) is 1. The molecule has 1 saturated heterocycles. The van der Waals surface area contributed by atoms with Crippen molar-refractivity contribution in [1.82, 2.24) is 4.90 Å². The molecule has 0 aromatic heterocycles. The van der Waals surface area contributed by atoms with E-state index in [-0.39, 0.29) is 29.2 Å². The molecule has 7 heteroatoms. The van der Waals surface area contributed by atoms with Crippen molar-refractivity contribution in [2.45, 2.75) is 44.2 Å². The number of likely N-dealkylation sites (tertiary alicyclic amines) is 1. The number of hydrogen-bond donors (Lipinski definition) is 0. The Bertz CT molecular complexity index is 376. The van der Waals surface area contributed by atoms with Gasteiger partial charge < -0.3 is 0 Å². The van der Waals surface area contributed by atoms with Crippen molar-refractivity contribution < 1.29 is 14.4 Å². The van der Waals surface area contributed by atoms with Crippen LogP contribution in [-0.4, -0.2) is 46.2 Å². The minimum absolute atomic E-state index is 0.0611. The molecule has 0 spiro atoms. The van der Waals surface area contributed by atoms with Crippen LogP contribution in [0.5, 0.6) is 0 Å². The summed E-state index contributed by atoms with van der Waals surface area (Å²) in [5, 5.41) is -0.218. The van der Waals surface area contributed by atoms with Gasteiger partial charge in [-0.15, -0.1) is 0 Å².